The van der Waals surface area contributed by atoms with Gasteiger partial charge < -0.3 is 5.73 Å². The van der Waals surface area contributed by atoms with E-state index in [0.29, 0.717) is 11.0 Å². The molecule has 13 heavy (non-hydrogen) atoms. The van der Waals surface area contributed by atoms with Gasteiger partial charge in [-0.3, -0.25) is 0 Å². The third-order valence-corrected chi connectivity index (χ3v) is 1.53. The lowest BCUT2D eigenvalue weighted by Gasteiger charge is -2.07. The van der Waals surface area contributed by atoms with Crippen LogP contribution in [0.2, 0.25) is 0 Å². The van der Waals surface area contributed by atoms with E-state index in [-0.39, 0.29) is 10.9 Å². The Kier molecular flexibility index (Phi) is 2.92. The SMILES string of the molecule is [B]c1ccccc1/C(N)=C/N(N)F. The zero-order valence-corrected chi connectivity index (χ0v) is 6.94. The normalized spacial score (nSPS) is 11.4. The predicted molar refractivity (Wildman–Crippen MR) is 51.1 cm³/mol. The van der Waals surface area contributed by atoms with Crippen molar-refractivity contribution in [2.75, 3.05) is 0 Å². The molecule has 0 amide bonds. The van der Waals surface area contributed by atoms with Crippen LogP contribution in [0.1, 0.15) is 5.56 Å². The highest BCUT2D eigenvalue weighted by molar-refractivity contribution is 6.34. The van der Waals surface area contributed by atoms with Crippen LogP contribution < -0.4 is 17.0 Å². The Balaban J connectivity index is 3.02. The highest BCUT2D eigenvalue weighted by Crippen LogP contribution is 2.05. The fraction of sp³-hybridized carbons (Fsp3) is 0. The van der Waals surface area contributed by atoms with Crippen LogP contribution in [0.15, 0.2) is 30.5 Å². The largest absolute Gasteiger partial charge is 0.397 e. The van der Waals surface area contributed by atoms with Crippen LogP contribution in [0, 0.1) is 0 Å². The summed E-state index contributed by atoms with van der Waals surface area (Å²) in [7, 11) is 5.59. The fourth-order valence-corrected chi connectivity index (χ4v) is 0.962. The molecule has 0 aromatic heterocycles. The van der Waals surface area contributed by atoms with E-state index in [1.165, 1.54) is 0 Å². The summed E-state index contributed by atoms with van der Waals surface area (Å²) in [4.78, 5) is 0. The Morgan fingerprint density at radius 2 is 2.08 bits per heavy atom. The summed E-state index contributed by atoms with van der Waals surface area (Å²) in [6, 6.07) is 6.88. The number of hydrogen-bond acceptors (Lipinski definition) is 3. The Morgan fingerprint density at radius 3 is 2.62 bits per heavy atom. The zero-order valence-electron chi connectivity index (χ0n) is 6.94. The molecule has 0 bridgehead atoms. The van der Waals surface area contributed by atoms with Crippen molar-refractivity contribution in [1.29, 1.82) is 0 Å². The van der Waals surface area contributed by atoms with Gasteiger partial charge in [-0.1, -0.05) is 34.2 Å². The summed E-state index contributed by atoms with van der Waals surface area (Å²) in [5.74, 6) is 4.75. The smallest absolute Gasteiger partial charge is 0.114 e. The molecule has 1 rings (SSSR count). The molecular weight excluding hydrogens is 168 g/mol. The second kappa shape index (κ2) is 3.95. The van der Waals surface area contributed by atoms with Crippen LogP contribution in [0.3, 0.4) is 0 Å². The Bertz CT molecular complexity index is 325. The van der Waals surface area contributed by atoms with E-state index >= 15 is 0 Å². The number of hydrogen-bond donors (Lipinski definition) is 2. The molecule has 0 aliphatic carbocycles. The van der Waals surface area contributed by atoms with Gasteiger partial charge >= 0.3 is 0 Å². The van der Waals surface area contributed by atoms with Crippen molar-refractivity contribution in [3.05, 3.63) is 36.0 Å². The summed E-state index contributed by atoms with van der Waals surface area (Å²) in [6.45, 7) is 0. The third kappa shape index (κ3) is 2.49. The molecule has 0 saturated carbocycles. The minimum absolute atomic E-state index is 0.109. The molecule has 0 saturated heterocycles. The van der Waals surface area contributed by atoms with Crippen LogP contribution in [-0.2, 0) is 0 Å². The average Bonchev–Trinajstić information content (AvgIpc) is 2.03. The standard InChI is InChI=1S/C8H9BFN3/c9-7-4-2-1-3-6(7)8(11)5-13(10)12/h1-5H,11-12H2/b8-5-. The molecule has 3 nitrogen and oxygen atoms in total. The van der Waals surface area contributed by atoms with Crippen LogP contribution in [-0.4, -0.2) is 13.1 Å². The monoisotopic (exact) mass is 177 g/mol. The van der Waals surface area contributed by atoms with Crippen molar-refractivity contribution in [3.8, 4) is 0 Å². The van der Waals surface area contributed by atoms with E-state index < -0.39 is 0 Å². The van der Waals surface area contributed by atoms with E-state index in [9.17, 15) is 4.48 Å². The number of benzene rings is 1. The van der Waals surface area contributed by atoms with Crippen LogP contribution >= 0.6 is 0 Å². The number of nitrogens with zero attached hydrogens (tertiary/aromatic N) is 1. The Morgan fingerprint density at radius 1 is 1.46 bits per heavy atom. The lowest BCUT2D eigenvalue weighted by Crippen LogP contribution is -2.19. The highest BCUT2D eigenvalue weighted by Gasteiger charge is 2.00. The maximum atomic E-state index is 12.2. The van der Waals surface area contributed by atoms with Gasteiger partial charge in [-0.05, 0) is 5.56 Å². The topological polar surface area (TPSA) is 55.3 Å². The molecule has 66 valence electrons. The molecular formula is C8H9BFN3. The molecule has 0 aliphatic heterocycles. The number of hydrazine groups is 1. The third-order valence-electron chi connectivity index (χ3n) is 1.53. The molecule has 2 radical (unpaired) electrons. The molecule has 0 aliphatic rings. The fourth-order valence-electron chi connectivity index (χ4n) is 0.962. The first-order valence-electron chi connectivity index (χ1n) is 3.63. The first kappa shape index (κ1) is 9.60. The van der Waals surface area contributed by atoms with Crippen molar-refractivity contribution < 1.29 is 4.48 Å². The average molecular weight is 177 g/mol. The van der Waals surface area contributed by atoms with Crippen molar-refractivity contribution in [2.45, 2.75) is 0 Å². The lowest BCUT2D eigenvalue weighted by molar-refractivity contribution is 0.0913. The lowest BCUT2D eigenvalue weighted by atomic mass is 9.89. The summed E-state index contributed by atoms with van der Waals surface area (Å²) >= 11 is 0. The summed E-state index contributed by atoms with van der Waals surface area (Å²) in [5.41, 5.74) is 6.75. The van der Waals surface area contributed by atoms with E-state index in [1.54, 1.807) is 24.3 Å². The second-order valence-electron chi connectivity index (χ2n) is 2.52. The number of halogens is 1. The maximum Gasteiger partial charge on any atom is 0.114 e. The van der Waals surface area contributed by atoms with E-state index in [1.807, 2.05) is 0 Å². The molecule has 0 spiro atoms. The minimum atomic E-state index is -0.109. The van der Waals surface area contributed by atoms with Gasteiger partial charge in [0.1, 0.15) is 7.85 Å². The van der Waals surface area contributed by atoms with Crippen molar-refractivity contribution in [3.63, 3.8) is 0 Å². The van der Waals surface area contributed by atoms with Gasteiger partial charge in [-0.2, -0.15) is 0 Å². The minimum Gasteiger partial charge on any atom is -0.397 e. The molecule has 5 heteroatoms. The molecule has 1 aromatic carbocycles. The molecule has 0 unspecified atom stereocenters. The van der Waals surface area contributed by atoms with Crippen molar-refractivity contribution >= 4 is 19.0 Å². The van der Waals surface area contributed by atoms with Gasteiger partial charge in [0.25, 0.3) is 0 Å². The van der Waals surface area contributed by atoms with Gasteiger partial charge in [-0.15, -0.1) is 5.23 Å². The predicted octanol–water partition coefficient (Wildman–Crippen LogP) is -0.202. The first-order chi connectivity index (χ1) is 6.11. The molecule has 0 atom stereocenters. The van der Waals surface area contributed by atoms with E-state index in [4.69, 9.17) is 19.4 Å². The molecule has 4 N–H and O–H groups in total. The van der Waals surface area contributed by atoms with Gasteiger partial charge in [0.15, 0.2) is 0 Å². The summed E-state index contributed by atoms with van der Waals surface area (Å²) in [5, 5.41) is -0.109. The number of nitrogens with two attached hydrogens (primary N) is 2. The second-order valence-corrected chi connectivity index (χ2v) is 2.52. The Labute approximate surface area is 77.1 Å². The van der Waals surface area contributed by atoms with Crippen LogP contribution in [0.5, 0.6) is 0 Å². The maximum absolute atomic E-state index is 12.2. The van der Waals surface area contributed by atoms with Gasteiger partial charge in [0.05, 0.1) is 11.9 Å². The summed E-state index contributed by atoms with van der Waals surface area (Å²) in [6.07, 6.45) is 0.950. The first-order valence-corrected chi connectivity index (χ1v) is 3.63. The van der Waals surface area contributed by atoms with Gasteiger partial charge in [-0.25, -0.2) is 5.84 Å². The van der Waals surface area contributed by atoms with Crippen molar-refractivity contribution in [2.24, 2.45) is 11.6 Å². The van der Waals surface area contributed by atoms with E-state index in [0.717, 1.165) is 6.20 Å². The molecule has 0 heterocycles. The van der Waals surface area contributed by atoms with Gasteiger partial charge in [0, 0.05) is 0 Å². The zero-order chi connectivity index (χ0) is 9.84. The summed E-state index contributed by atoms with van der Waals surface area (Å²) < 4.78 is 12.2. The highest BCUT2D eigenvalue weighted by atomic mass is 19.2. The van der Waals surface area contributed by atoms with Crippen molar-refractivity contribution in [1.82, 2.24) is 5.23 Å². The quantitative estimate of drug-likeness (QED) is 0.284. The number of rotatable bonds is 2. The molecule has 0 fully saturated rings. The van der Waals surface area contributed by atoms with E-state index in [2.05, 4.69) is 0 Å². The Hall–Kier alpha value is -1.49. The van der Waals surface area contributed by atoms with Gasteiger partial charge in [0.2, 0.25) is 0 Å². The molecule has 1 aromatic rings. The van der Waals surface area contributed by atoms with Crippen LogP contribution in [0.25, 0.3) is 5.70 Å². The van der Waals surface area contributed by atoms with Crippen LogP contribution in [0.4, 0.5) is 4.48 Å².